The zero-order valence-corrected chi connectivity index (χ0v) is 15.3. The van der Waals surface area contributed by atoms with Crippen LogP contribution >= 0.6 is 0 Å². The quantitative estimate of drug-likeness (QED) is 0.867. The number of carbonyl (C=O) groups excluding carboxylic acids is 2. The summed E-state index contributed by atoms with van der Waals surface area (Å²) in [6.45, 7) is 4.75. The Labute approximate surface area is 157 Å². The summed E-state index contributed by atoms with van der Waals surface area (Å²) in [7, 11) is 0. The number of hydrogen-bond donors (Lipinski definition) is 2. The van der Waals surface area contributed by atoms with E-state index < -0.39 is 6.10 Å². The van der Waals surface area contributed by atoms with E-state index in [0.29, 0.717) is 31.1 Å². The molecular formula is C20H22FN3O3. The molecule has 6 nitrogen and oxygen atoms in total. The second kappa shape index (κ2) is 8.07. The molecule has 2 aromatic carbocycles. The summed E-state index contributed by atoms with van der Waals surface area (Å²) in [6.07, 6.45) is -0.631. The van der Waals surface area contributed by atoms with Crippen molar-refractivity contribution in [3.05, 3.63) is 59.4 Å². The Morgan fingerprint density at radius 3 is 2.70 bits per heavy atom. The van der Waals surface area contributed by atoms with Crippen LogP contribution in [0.2, 0.25) is 0 Å². The van der Waals surface area contributed by atoms with Crippen molar-refractivity contribution in [2.24, 2.45) is 0 Å². The number of carbonyl (C=O) groups is 2. The van der Waals surface area contributed by atoms with Crippen LogP contribution in [0.4, 0.5) is 14.9 Å². The molecule has 0 spiro atoms. The lowest BCUT2D eigenvalue weighted by Gasteiger charge is -2.22. The second-order valence-corrected chi connectivity index (χ2v) is 6.39. The first-order valence-corrected chi connectivity index (χ1v) is 8.84. The highest BCUT2D eigenvalue weighted by molar-refractivity contribution is 5.89. The number of nitrogens with zero attached hydrogens (tertiary/aromatic N) is 1. The van der Waals surface area contributed by atoms with Crippen molar-refractivity contribution >= 4 is 17.6 Å². The van der Waals surface area contributed by atoms with Gasteiger partial charge in [0.25, 0.3) is 5.91 Å². The Hall–Kier alpha value is -3.09. The maximum Gasteiger partial charge on any atom is 0.319 e. The molecule has 27 heavy (non-hydrogen) atoms. The minimum Gasteiger partial charge on any atom is -0.481 e. The molecule has 0 aliphatic carbocycles. The van der Waals surface area contributed by atoms with Crippen LogP contribution in [0, 0.1) is 5.82 Å². The summed E-state index contributed by atoms with van der Waals surface area (Å²) in [6, 6.07) is 11.1. The van der Waals surface area contributed by atoms with Gasteiger partial charge in [-0.1, -0.05) is 12.1 Å². The van der Waals surface area contributed by atoms with Gasteiger partial charge in [0.05, 0.1) is 0 Å². The molecule has 3 rings (SSSR count). The molecule has 142 valence electrons. The predicted molar refractivity (Wildman–Crippen MR) is 99.9 cm³/mol. The predicted octanol–water partition coefficient (Wildman–Crippen LogP) is 3.28. The highest BCUT2D eigenvalue weighted by Gasteiger charge is 2.28. The molecule has 1 aliphatic heterocycles. The molecule has 0 bridgehead atoms. The van der Waals surface area contributed by atoms with Crippen molar-refractivity contribution in [1.29, 1.82) is 0 Å². The molecule has 0 radical (unpaired) electrons. The van der Waals surface area contributed by atoms with Gasteiger partial charge in [-0.05, 0) is 49.7 Å². The third-order valence-electron chi connectivity index (χ3n) is 4.27. The Bertz CT molecular complexity index is 839. The van der Waals surface area contributed by atoms with Gasteiger partial charge < -0.3 is 20.3 Å². The van der Waals surface area contributed by atoms with Gasteiger partial charge >= 0.3 is 6.03 Å². The van der Waals surface area contributed by atoms with Crippen LogP contribution in [0.25, 0.3) is 0 Å². The van der Waals surface area contributed by atoms with Crippen LogP contribution in [-0.2, 0) is 17.9 Å². The third-order valence-corrected chi connectivity index (χ3v) is 4.27. The molecule has 0 saturated heterocycles. The summed E-state index contributed by atoms with van der Waals surface area (Å²) < 4.78 is 18.9. The molecule has 1 unspecified atom stereocenters. The van der Waals surface area contributed by atoms with E-state index >= 15 is 0 Å². The molecule has 1 aliphatic rings. The molecular weight excluding hydrogens is 349 g/mol. The van der Waals surface area contributed by atoms with Crippen molar-refractivity contribution in [3.63, 3.8) is 0 Å². The second-order valence-electron chi connectivity index (χ2n) is 6.39. The smallest absolute Gasteiger partial charge is 0.319 e. The van der Waals surface area contributed by atoms with Crippen LogP contribution in [-0.4, -0.2) is 29.5 Å². The first-order chi connectivity index (χ1) is 13.0. The summed E-state index contributed by atoms with van der Waals surface area (Å²) in [5.41, 5.74) is 2.24. The molecule has 0 aromatic heterocycles. The zero-order chi connectivity index (χ0) is 19.4. The minimum atomic E-state index is -0.631. The number of fused-ring (bicyclic) bond motifs is 1. The van der Waals surface area contributed by atoms with Crippen LogP contribution in [0.1, 0.15) is 25.0 Å². The van der Waals surface area contributed by atoms with Gasteiger partial charge in [0.2, 0.25) is 0 Å². The normalized spacial score (nSPS) is 16.2. The minimum absolute atomic E-state index is 0.145. The third kappa shape index (κ3) is 4.55. The van der Waals surface area contributed by atoms with Gasteiger partial charge in [-0.25, -0.2) is 9.18 Å². The van der Waals surface area contributed by atoms with Crippen molar-refractivity contribution < 1.29 is 18.7 Å². The summed E-state index contributed by atoms with van der Waals surface area (Å²) >= 11 is 0. The topological polar surface area (TPSA) is 70.7 Å². The summed E-state index contributed by atoms with van der Waals surface area (Å²) in [5, 5.41) is 5.43. The Balaban J connectivity index is 1.83. The highest BCUT2D eigenvalue weighted by atomic mass is 19.1. The van der Waals surface area contributed by atoms with Gasteiger partial charge in [0.15, 0.2) is 6.10 Å². The number of hydrogen-bond acceptors (Lipinski definition) is 3. The molecule has 7 heteroatoms. The van der Waals surface area contributed by atoms with Crippen molar-refractivity contribution in [2.45, 2.75) is 33.0 Å². The first-order valence-electron chi connectivity index (χ1n) is 8.84. The van der Waals surface area contributed by atoms with E-state index in [-0.39, 0.29) is 17.8 Å². The number of anilines is 1. The number of benzene rings is 2. The van der Waals surface area contributed by atoms with Crippen molar-refractivity contribution in [2.75, 3.05) is 11.9 Å². The van der Waals surface area contributed by atoms with Crippen LogP contribution < -0.4 is 15.4 Å². The van der Waals surface area contributed by atoms with E-state index in [1.165, 1.54) is 12.1 Å². The summed E-state index contributed by atoms with van der Waals surface area (Å²) in [5.74, 6) is 0.150. The molecule has 1 atom stereocenters. The Morgan fingerprint density at radius 2 is 2.00 bits per heavy atom. The number of halogens is 1. The number of urea groups is 1. The molecule has 1 heterocycles. The molecule has 2 N–H and O–H groups in total. The molecule has 3 amide bonds. The van der Waals surface area contributed by atoms with Gasteiger partial charge in [-0.15, -0.1) is 0 Å². The average Bonchev–Trinajstić information content (AvgIpc) is 2.74. The lowest BCUT2D eigenvalue weighted by Crippen LogP contribution is -2.37. The van der Waals surface area contributed by atoms with Gasteiger partial charge in [-0.2, -0.15) is 0 Å². The number of ether oxygens (including phenoxy) is 1. The van der Waals surface area contributed by atoms with Crippen molar-refractivity contribution in [1.82, 2.24) is 10.2 Å². The van der Waals surface area contributed by atoms with E-state index in [1.807, 2.05) is 6.92 Å². The average molecular weight is 371 g/mol. The fourth-order valence-electron chi connectivity index (χ4n) is 2.96. The van der Waals surface area contributed by atoms with Gasteiger partial charge in [-0.3, -0.25) is 4.79 Å². The fraction of sp³-hybridized carbons (Fsp3) is 0.300. The number of nitrogens with one attached hydrogen (secondary N) is 2. The van der Waals surface area contributed by atoms with E-state index in [2.05, 4.69) is 10.6 Å². The Morgan fingerprint density at radius 1 is 1.26 bits per heavy atom. The monoisotopic (exact) mass is 371 g/mol. The molecule has 2 aromatic rings. The lowest BCUT2D eigenvalue weighted by atomic mass is 10.1. The molecule has 0 fully saturated rings. The van der Waals surface area contributed by atoms with Crippen LogP contribution in [0.5, 0.6) is 5.75 Å². The standard InChI is InChI=1S/C20H22FN3O3/c1-3-22-20(26)23-17-8-9-18-15(10-17)12-24(19(25)13(2)27-18)11-14-4-6-16(21)7-5-14/h4-10,13H,3,11-12H2,1-2H3,(H2,22,23,26). The maximum absolute atomic E-state index is 13.1. The summed E-state index contributed by atoms with van der Waals surface area (Å²) in [4.78, 5) is 26.1. The van der Waals surface area contributed by atoms with Crippen LogP contribution in [0.3, 0.4) is 0 Å². The fourth-order valence-corrected chi connectivity index (χ4v) is 2.96. The largest absolute Gasteiger partial charge is 0.481 e. The zero-order valence-electron chi connectivity index (χ0n) is 15.3. The van der Waals surface area contributed by atoms with E-state index in [0.717, 1.165) is 11.1 Å². The van der Waals surface area contributed by atoms with E-state index in [4.69, 9.17) is 4.74 Å². The van der Waals surface area contributed by atoms with Crippen molar-refractivity contribution in [3.8, 4) is 5.75 Å². The highest BCUT2D eigenvalue weighted by Crippen LogP contribution is 2.29. The maximum atomic E-state index is 13.1. The lowest BCUT2D eigenvalue weighted by molar-refractivity contribution is -0.138. The SMILES string of the molecule is CCNC(=O)Nc1ccc2c(c1)CN(Cc1ccc(F)cc1)C(=O)C(C)O2. The van der Waals surface area contributed by atoms with Crippen LogP contribution in [0.15, 0.2) is 42.5 Å². The van der Waals surface area contributed by atoms with E-state index in [1.54, 1.807) is 42.2 Å². The molecule has 0 saturated carbocycles. The Kier molecular flexibility index (Phi) is 5.59. The van der Waals surface area contributed by atoms with E-state index in [9.17, 15) is 14.0 Å². The number of rotatable bonds is 4. The number of amides is 3. The first kappa shape index (κ1) is 18.7. The van der Waals surface area contributed by atoms with Gasteiger partial charge in [0.1, 0.15) is 11.6 Å². The van der Waals surface area contributed by atoms with Gasteiger partial charge in [0, 0.05) is 30.9 Å².